The first-order valence-electron chi connectivity index (χ1n) is 12.8. The summed E-state index contributed by atoms with van der Waals surface area (Å²) in [5.41, 5.74) is 4.89. The second-order valence-corrected chi connectivity index (χ2v) is 9.99. The summed E-state index contributed by atoms with van der Waals surface area (Å²) < 4.78 is 34.2. The van der Waals surface area contributed by atoms with Crippen LogP contribution in [0.15, 0.2) is 54.7 Å². The molecule has 0 unspecified atom stereocenters. The number of H-pyrrole nitrogens is 1. The quantitative estimate of drug-likeness (QED) is 0.337. The summed E-state index contributed by atoms with van der Waals surface area (Å²) in [6, 6.07) is 15.9. The Hall–Kier alpha value is -4.53. The lowest BCUT2D eigenvalue weighted by molar-refractivity contribution is -0.141. The third kappa shape index (κ3) is 3.64. The fraction of sp³-hybridized carbons (Fsp3) is 0.300. The van der Waals surface area contributed by atoms with Gasteiger partial charge in [0.05, 0.1) is 39.9 Å². The van der Waals surface area contributed by atoms with E-state index in [2.05, 4.69) is 16.4 Å². The van der Waals surface area contributed by atoms with Gasteiger partial charge >= 0.3 is 5.97 Å². The Labute approximate surface area is 224 Å². The normalized spacial score (nSPS) is 22.7. The van der Waals surface area contributed by atoms with Crippen LogP contribution in [-0.4, -0.2) is 45.7 Å². The molecular formula is C30H28N2O7. The molecule has 3 aliphatic rings. The highest BCUT2D eigenvalue weighted by molar-refractivity contribution is 5.83. The molecule has 200 valence electrons. The Balaban J connectivity index is 1.41. The Kier molecular flexibility index (Phi) is 5.47. The van der Waals surface area contributed by atoms with Gasteiger partial charge in [0.15, 0.2) is 23.0 Å². The summed E-state index contributed by atoms with van der Waals surface area (Å²) in [6.45, 7) is 0.465. The summed E-state index contributed by atoms with van der Waals surface area (Å²) in [5, 5.41) is 4.83. The number of fused-ring (bicyclic) bond motifs is 4. The Bertz CT molecular complexity index is 1570. The minimum Gasteiger partial charge on any atom is -0.493 e. The maximum Gasteiger partial charge on any atom is 0.310 e. The molecule has 1 aliphatic carbocycles. The van der Waals surface area contributed by atoms with Crippen molar-refractivity contribution in [3.8, 4) is 28.7 Å². The summed E-state index contributed by atoms with van der Waals surface area (Å²) in [6.07, 6.45) is 1.92. The van der Waals surface area contributed by atoms with Crippen LogP contribution in [0.4, 0.5) is 5.69 Å². The van der Waals surface area contributed by atoms with Crippen LogP contribution >= 0.6 is 0 Å². The van der Waals surface area contributed by atoms with Gasteiger partial charge in [-0.05, 0) is 65.2 Å². The van der Waals surface area contributed by atoms with E-state index in [0.29, 0.717) is 35.4 Å². The topological polar surface area (TPSA) is 100 Å². The number of nitrogens with one attached hydrogen (secondary N) is 2. The Morgan fingerprint density at radius 1 is 0.872 bits per heavy atom. The fourth-order valence-electron chi connectivity index (χ4n) is 6.35. The maximum atomic E-state index is 13.4. The third-order valence-corrected chi connectivity index (χ3v) is 8.11. The second kappa shape index (κ2) is 9.04. The smallest absolute Gasteiger partial charge is 0.310 e. The molecule has 3 heterocycles. The summed E-state index contributed by atoms with van der Waals surface area (Å²) in [5.74, 6) is 1.77. The van der Waals surface area contributed by atoms with Gasteiger partial charge in [-0.25, -0.2) is 0 Å². The number of carbonyl (C=O) groups excluding carboxylic acids is 1. The van der Waals surface area contributed by atoms with E-state index in [1.165, 1.54) is 0 Å². The summed E-state index contributed by atoms with van der Waals surface area (Å²) >= 11 is 0. The average Bonchev–Trinajstić information content (AvgIpc) is 3.71. The predicted octanol–water partition coefficient (Wildman–Crippen LogP) is 5.01. The molecule has 3 aromatic carbocycles. The van der Waals surface area contributed by atoms with Gasteiger partial charge in [0.1, 0.15) is 0 Å². The van der Waals surface area contributed by atoms with E-state index in [0.717, 1.165) is 33.3 Å². The monoisotopic (exact) mass is 528 g/mol. The molecular weight excluding hydrogens is 500 g/mol. The van der Waals surface area contributed by atoms with Crippen molar-refractivity contribution in [3.63, 3.8) is 0 Å². The highest BCUT2D eigenvalue weighted by atomic mass is 16.7. The Morgan fingerprint density at radius 2 is 1.62 bits per heavy atom. The molecule has 4 atom stereocenters. The number of methoxy groups -OCH3 is 3. The first-order valence-corrected chi connectivity index (χ1v) is 12.8. The third-order valence-electron chi connectivity index (χ3n) is 8.11. The first kappa shape index (κ1) is 23.6. The number of ether oxygens (including phenoxy) is 6. The number of aromatic nitrogens is 1. The van der Waals surface area contributed by atoms with Gasteiger partial charge in [-0.3, -0.25) is 4.79 Å². The fourth-order valence-corrected chi connectivity index (χ4v) is 6.35. The Morgan fingerprint density at radius 3 is 2.33 bits per heavy atom. The van der Waals surface area contributed by atoms with Crippen molar-refractivity contribution in [1.29, 1.82) is 0 Å². The number of aromatic amines is 1. The van der Waals surface area contributed by atoms with Crippen LogP contribution < -0.4 is 29.0 Å². The molecule has 0 radical (unpaired) electrons. The van der Waals surface area contributed by atoms with E-state index in [4.69, 9.17) is 28.4 Å². The number of anilines is 1. The number of hydrogen-bond acceptors (Lipinski definition) is 8. The van der Waals surface area contributed by atoms with Crippen molar-refractivity contribution < 1.29 is 33.2 Å². The van der Waals surface area contributed by atoms with Crippen molar-refractivity contribution in [2.45, 2.75) is 12.0 Å². The first-order chi connectivity index (χ1) is 19.1. The molecule has 1 aromatic heterocycles. The average molecular weight is 529 g/mol. The minimum absolute atomic E-state index is 0.128. The van der Waals surface area contributed by atoms with Crippen molar-refractivity contribution in [2.24, 2.45) is 11.8 Å². The van der Waals surface area contributed by atoms with Gasteiger partial charge in [-0.2, -0.15) is 0 Å². The summed E-state index contributed by atoms with van der Waals surface area (Å²) in [4.78, 5) is 16.6. The maximum absolute atomic E-state index is 13.4. The molecule has 1 fully saturated rings. The van der Waals surface area contributed by atoms with Crippen LogP contribution in [0.1, 0.15) is 28.7 Å². The van der Waals surface area contributed by atoms with Crippen LogP contribution in [0, 0.1) is 11.8 Å². The second-order valence-electron chi connectivity index (χ2n) is 9.99. The zero-order valence-corrected chi connectivity index (χ0v) is 21.8. The predicted molar refractivity (Wildman–Crippen MR) is 143 cm³/mol. The van der Waals surface area contributed by atoms with Gasteiger partial charge in [0, 0.05) is 34.6 Å². The molecule has 7 rings (SSSR count). The molecule has 0 bridgehead atoms. The molecule has 2 N–H and O–H groups in total. The molecule has 0 saturated carbocycles. The molecule has 2 aliphatic heterocycles. The van der Waals surface area contributed by atoms with Crippen molar-refractivity contribution in [3.05, 3.63) is 71.4 Å². The van der Waals surface area contributed by atoms with Crippen molar-refractivity contribution >= 4 is 22.6 Å². The van der Waals surface area contributed by atoms with Gasteiger partial charge in [-0.1, -0.05) is 0 Å². The van der Waals surface area contributed by atoms with E-state index in [1.54, 1.807) is 21.3 Å². The van der Waals surface area contributed by atoms with Crippen molar-refractivity contribution in [1.82, 2.24) is 4.98 Å². The lowest BCUT2D eigenvalue weighted by atomic mass is 9.65. The largest absolute Gasteiger partial charge is 0.493 e. The zero-order chi connectivity index (χ0) is 26.7. The van der Waals surface area contributed by atoms with E-state index in [9.17, 15) is 4.79 Å². The summed E-state index contributed by atoms with van der Waals surface area (Å²) in [7, 11) is 4.74. The number of esters is 1. The molecule has 0 spiro atoms. The number of hydrogen-bond donors (Lipinski definition) is 2. The van der Waals surface area contributed by atoms with Gasteiger partial charge in [0.2, 0.25) is 12.5 Å². The van der Waals surface area contributed by atoms with Crippen LogP contribution in [0.2, 0.25) is 0 Å². The lowest BCUT2D eigenvalue weighted by Gasteiger charge is -2.40. The van der Waals surface area contributed by atoms with Crippen LogP contribution in [0.25, 0.3) is 10.9 Å². The number of benzene rings is 3. The van der Waals surface area contributed by atoms with Gasteiger partial charge in [-0.15, -0.1) is 0 Å². The highest BCUT2D eigenvalue weighted by Crippen LogP contribution is 2.56. The minimum atomic E-state index is -0.436. The van der Waals surface area contributed by atoms with Crippen LogP contribution in [0.3, 0.4) is 0 Å². The number of rotatable bonds is 6. The van der Waals surface area contributed by atoms with Crippen LogP contribution in [-0.2, 0) is 9.53 Å². The molecule has 0 amide bonds. The zero-order valence-electron chi connectivity index (χ0n) is 21.8. The highest BCUT2D eigenvalue weighted by Gasteiger charge is 2.52. The number of cyclic esters (lactones) is 1. The van der Waals surface area contributed by atoms with E-state index >= 15 is 0 Å². The molecule has 9 nitrogen and oxygen atoms in total. The van der Waals surface area contributed by atoms with Gasteiger partial charge < -0.3 is 38.7 Å². The van der Waals surface area contributed by atoms with E-state index < -0.39 is 5.92 Å². The lowest BCUT2D eigenvalue weighted by Crippen LogP contribution is -2.37. The van der Waals surface area contributed by atoms with Crippen LogP contribution in [0.5, 0.6) is 28.7 Å². The SMILES string of the molecule is COc1cc([C@@H]2c3cc4c(cc3[C@@H](Nc3ccc5[nH]ccc5c3)[C@H]3COC(=O)[C@H]23)OCO4)cc(OC)c1OC. The molecule has 9 heteroatoms. The van der Waals surface area contributed by atoms with E-state index in [1.807, 2.05) is 48.7 Å². The number of carbonyl (C=O) groups is 1. The van der Waals surface area contributed by atoms with E-state index in [-0.39, 0.29) is 30.6 Å². The van der Waals surface area contributed by atoms with Crippen molar-refractivity contribution in [2.75, 3.05) is 40.0 Å². The molecule has 1 saturated heterocycles. The molecule has 39 heavy (non-hydrogen) atoms. The van der Waals surface area contributed by atoms with Gasteiger partial charge in [0.25, 0.3) is 0 Å². The molecule has 4 aromatic rings. The standard InChI is InChI=1S/C30H28N2O7/c1-34-24-9-16(10-25(35-2)29(24)36-3)26-18-11-22-23(39-14-38-22)12-19(18)28(20-13-37-30(33)27(20)26)32-17-4-5-21-15(8-17)6-7-31-21/h4-12,20,26-28,31-32H,13-14H2,1-3H3/t20-,26+,27-,28+/m0/s1.